The molecule has 0 bridgehead atoms. The second-order valence-electron chi connectivity index (χ2n) is 6.50. The summed E-state index contributed by atoms with van der Waals surface area (Å²) in [6, 6.07) is 4.56. The van der Waals surface area contributed by atoms with Crippen LogP contribution in [0.25, 0.3) is 0 Å². The fourth-order valence-electron chi connectivity index (χ4n) is 2.94. The van der Waals surface area contributed by atoms with Crippen LogP contribution in [0.3, 0.4) is 0 Å². The maximum atomic E-state index is 2.31. The first-order valence-electron chi connectivity index (χ1n) is 9.38. The molecule has 0 amide bonds. The van der Waals surface area contributed by atoms with Crippen molar-refractivity contribution < 1.29 is 0 Å². The van der Waals surface area contributed by atoms with E-state index in [1.807, 2.05) is 11.3 Å². The van der Waals surface area contributed by atoms with Gasteiger partial charge in [0.2, 0.25) is 0 Å². The van der Waals surface area contributed by atoms with E-state index < -0.39 is 0 Å². The summed E-state index contributed by atoms with van der Waals surface area (Å²) < 4.78 is 0. The monoisotopic (exact) mass is 308 g/mol. The molecule has 0 aromatic carbocycles. The summed E-state index contributed by atoms with van der Waals surface area (Å²) in [4.78, 5) is 3.04. The standard InChI is InChI=1S/C20H36S/c1-3-4-5-6-7-8-9-10-11-12-13-14-15-16-20-18-17-19(2)21-20/h17-18H,3-16H2,1-2H3. The summed E-state index contributed by atoms with van der Waals surface area (Å²) in [6.07, 6.45) is 20.1. The van der Waals surface area contributed by atoms with Gasteiger partial charge in [0.1, 0.15) is 0 Å². The van der Waals surface area contributed by atoms with Crippen molar-refractivity contribution >= 4 is 11.3 Å². The Kier molecular flexibility index (Phi) is 11.9. The second kappa shape index (κ2) is 13.4. The number of hydrogen-bond acceptors (Lipinski definition) is 1. The van der Waals surface area contributed by atoms with E-state index in [1.54, 1.807) is 4.88 Å². The maximum absolute atomic E-state index is 2.31. The molecule has 0 radical (unpaired) electrons. The Balaban J connectivity index is 1.74. The van der Waals surface area contributed by atoms with Gasteiger partial charge in [0.25, 0.3) is 0 Å². The van der Waals surface area contributed by atoms with Crippen molar-refractivity contribution in [2.24, 2.45) is 0 Å². The second-order valence-corrected chi connectivity index (χ2v) is 7.88. The van der Waals surface area contributed by atoms with Crippen molar-refractivity contribution in [2.45, 2.75) is 104 Å². The molecule has 122 valence electrons. The first-order chi connectivity index (χ1) is 10.3. The lowest BCUT2D eigenvalue weighted by Gasteiger charge is -2.03. The van der Waals surface area contributed by atoms with Crippen molar-refractivity contribution in [3.8, 4) is 0 Å². The highest BCUT2D eigenvalue weighted by Crippen LogP contribution is 2.18. The topological polar surface area (TPSA) is 0 Å². The third-order valence-electron chi connectivity index (χ3n) is 4.32. The van der Waals surface area contributed by atoms with Crippen LogP contribution in [0.2, 0.25) is 0 Å². The number of hydrogen-bond donors (Lipinski definition) is 0. The molecule has 0 aliphatic rings. The SMILES string of the molecule is CCCCCCCCCCCCCCCc1ccc(C)s1. The zero-order valence-corrected chi connectivity index (χ0v) is 15.3. The molecule has 0 spiro atoms. The number of rotatable bonds is 14. The lowest BCUT2D eigenvalue weighted by Crippen LogP contribution is -1.84. The predicted octanol–water partition coefficient (Wildman–Crippen LogP) is 7.69. The predicted molar refractivity (Wildman–Crippen MR) is 98.5 cm³/mol. The fourth-order valence-corrected chi connectivity index (χ4v) is 3.87. The molecular formula is C20H36S. The van der Waals surface area contributed by atoms with Gasteiger partial charge in [-0.2, -0.15) is 0 Å². The average Bonchev–Trinajstić information content (AvgIpc) is 2.89. The minimum atomic E-state index is 1.30. The van der Waals surface area contributed by atoms with Gasteiger partial charge >= 0.3 is 0 Å². The molecule has 0 aliphatic carbocycles. The minimum Gasteiger partial charge on any atom is -0.146 e. The molecule has 1 rings (SSSR count). The van der Waals surface area contributed by atoms with Crippen LogP contribution in [-0.4, -0.2) is 0 Å². The Morgan fingerprint density at radius 1 is 0.667 bits per heavy atom. The van der Waals surface area contributed by atoms with Crippen molar-refractivity contribution in [1.29, 1.82) is 0 Å². The summed E-state index contributed by atoms with van der Waals surface area (Å²) in [5.41, 5.74) is 0. The van der Waals surface area contributed by atoms with Crippen molar-refractivity contribution in [1.82, 2.24) is 0 Å². The van der Waals surface area contributed by atoms with Gasteiger partial charge in [-0.25, -0.2) is 0 Å². The van der Waals surface area contributed by atoms with Crippen molar-refractivity contribution in [3.05, 3.63) is 21.9 Å². The summed E-state index contributed by atoms with van der Waals surface area (Å²) in [7, 11) is 0. The normalized spacial score (nSPS) is 11.1. The van der Waals surface area contributed by atoms with Gasteiger partial charge in [-0.05, 0) is 31.9 Å². The average molecular weight is 309 g/mol. The van der Waals surface area contributed by atoms with Crippen LogP contribution in [0.1, 0.15) is 100 Å². The Labute approximate surface area is 137 Å². The summed E-state index contributed by atoms with van der Waals surface area (Å²) in [6.45, 7) is 4.50. The van der Waals surface area contributed by atoms with E-state index in [1.165, 1.54) is 94.8 Å². The lowest BCUT2D eigenvalue weighted by molar-refractivity contribution is 0.539. The zero-order chi connectivity index (χ0) is 15.2. The van der Waals surface area contributed by atoms with Crippen molar-refractivity contribution in [3.63, 3.8) is 0 Å². The third-order valence-corrected chi connectivity index (χ3v) is 5.38. The van der Waals surface area contributed by atoms with Gasteiger partial charge in [0, 0.05) is 9.75 Å². The van der Waals surface area contributed by atoms with E-state index in [0.29, 0.717) is 0 Å². The molecule has 0 fully saturated rings. The number of unbranched alkanes of at least 4 members (excludes halogenated alkanes) is 12. The van der Waals surface area contributed by atoms with E-state index in [0.717, 1.165) is 0 Å². The number of thiophene rings is 1. The van der Waals surface area contributed by atoms with Crippen LogP contribution in [0.15, 0.2) is 12.1 Å². The molecule has 0 atom stereocenters. The maximum Gasteiger partial charge on any atom is 0.00480 e. The summed E-state index contributed by atoms with van der Waals surface area (Å²) in [5.74, 6) is 0. The molecule has 1 aromatic rings. The summed E-state index contributed by atoms with van der Waals surface area (Å²) in [5, 5.41) is 0. The lowest BCUT2D eigenvalue weighted by atomic mass is 10.0. The Morgan fingerprint density at radius 2 is 1.14 bits per heavy atom. The van der Waals surface area contributed by atoms with E-state index in [9.17, 15) is 0 Å². The molecule has 21 heavy (non-hydrogen) atoms. The molecule has 1 aromatic heterocycles. The van der Waals surface area contributed by atoms with Gasteiger partial charge in [0.05, 0.1) is 0 Å². The van der Waals surface area contributed by atoms with Gasteiger partial charge < -0.3 is 0 Å². The highest BCUT2D eigenvalue weighted by molar-refractivity contribution is 7.11. The van der Waals surface area contributed by atoms with E-state index in [4.69, 9.17) is 0 Å². The molecule has 0 N–H and O–H groups in total. The molecule has 0 saturated heterocycles. The molecule has 0 aliphatic heterocycles. The first kappa shape index (κ1) is 18.7. The Hall–Kier alpha value is -0.300. The highest BCUT2D eigenvalue weighted by Gasteiger charge is 1.97. The van der Waals surface area contributed by atoms with Gasteiger partial charge in [-0.15, -0.1) is 11.3 Å². The smallest absolute Gasteiger partial charge is 0.00480 e. The largest absolute Gasteiger partial charge is 0.146 e. The number of aryl methyl sites for hydroxylation is 2. The van der Waals surface area contributed by atoms with Crippen LogP contribution in [0.5, 0.6) is 0 Å². The van der Waals surface area contributed by atoms with E-state index >= 15 is 0 Å². The van der Waals surface area contributed by atoms with Gasteiger partial charge in [0.15, 0.2) is 0 Å². The van der Waals surface area contributed by atoms with Crippen LogP contribution in [0, 0.1) is 6.92 Å². The molecule has 0 saturated carbocycles. The molecule has 0 nitrogen and oxygen atoms in total. The zero-order valence-electron chi connectivity index (χ0n) is 14.5. The van der Waals surface area contributed by atoms with Crippen molar-refractivity contribution in [2.75, 3.05) is 0 Å². The highest BCUT2D eigenvalue weighted by atomic mass is 32.1. The Bertz CT molecular complexity index is 326. The van der Waals surface area contributed by atoms with Gasteiger partial charge in [-0.3, -0.25) is 0 Å². The third kappa shape index (κ3) is 11.0. The molecule has 1 heterocycles. The van der Waals surface area contributed by atoms with E-state index in [-0.39, 0.29) is 0 Å². The molecular weight excluding hydrogens is 272 g/mol. The minimum absolute atomic E-state index is 1.30. The molecule has 0 unspecified atom stereocenters. The first-order valence-corrected chi connectivity index (χ1v) is 10.2. The van der Waals surface area contributed by atoms with Crippen LogP contribution in [0.4, 0.5) is 0 Å². The fraction of sp³-hybridized carbons (Fsp3) is 0.800. The van der Waals surface area contributed by atoms with Crippen LogP contribution < -0.4 is 0 Å². The Morgan fingerprint density at radius 3 is 1.57 bits per heavy atom. The van der Waals surface area contributed by atoms with Crippen LogP contribution in [-0.2, 0) is 6.42 Å². The van der Waals surface area contributed by atoms with Gasteiger partial charge in [-0.1, -0.05) is 84.0 Å². The molecule has 1 heteroatoms. The quantitative estimate of drug-likeness (QED) is 0.309. The summed E-state index contributed by atoms with van der Waals surface area (Å²) >= 11 is 1.97. The van der Waals surface area contributed by atoms with Crippen LogP contribution >= 0.6 is 11.3 Å². The van der Waals surface area contributed by atoms with E-state index in [2.05, 4.69) is 26.0 Å².